The minimum Gasteiger partial charge on any atom is -0.496 e. The normalized spacial score (nSPS) is 11.3. The maximum Gasteiger partial charge on any atom is 0.253 e. The number of nitrogens with one attached hydrogen (secondary N) is 1. The number of amides is 1. The van der Waals surface area contributed by atoms with E-state index in [2.05, 4.69) is 40.0 Å². The highest BCUT2D eigenvalue weighted by Crippen LogP contribution is 2.34. The van der Waals surface area contributed by atoms with Crippen molar-refractivity contribution in [1.82, 2.24) is 14.8 Å². The van der Waals surface area contributed by atoms with Crippen LogP contribution in [-0.4, -0.2) is 48.7 Å². The zero-order valence-corrected chi connectivity index (χ0v) is 16.7. The fourth-order valence-electron chi connectivity index (χ4n) is 2.96. The minimum atomic E-state index is -0.0327. The molecule has 0 fully saturated rings. The van der Waals surface area contributed by atoms with E-state index in [0.29, 0.717) is 6.54 Å². The van der Waals surface area contributed by atoms with Crippen molar-refractivity contribution in [1.29, 1.82) is 0 Å². The highest BCUT2D eigenvalue weighted by Gasteiger charge is 2.20. The Hall–Kier alpha value is -1.53. The second-order valence-electron chi connectivity index (χ2n) is 5.81. The van der Waals surface area contributed by atoms with Gasteiger partial charge in [0.05, 0.1) is 22.7 Å². The lowest BCUT2D eigenvalue weighted by atomic mass is 10.1. The number of nitrogens with zero attached hydrogens (tertiary/aromatic N) is 2. The van der Waals surface area contributed by atoms with E-state index in [-0.39, 0.29) is 5.91 Å². The van der Waals surface area contributed by atoms with Crippen LogP contribution in [0.3, 0.4) is 0 Å². The van der Waals surface area contributed by atoms with Gasteiger partial charge >= 0.3 is 0 Å². The molecule has 1 N–H and O–H groups in total. The Balaban J connectivity index is 2.30. The van der Waals surface area contributed by atoms with Crippen LogP contribution in [0, 0.1) is 6.92 Å². The fraction of sp³-hybridized carbons (Fsp3) is 0.500. The Morgan fingerprint density at radius 3 is 2.58 bits per heavy atom. The lowest BCUT2D eigenvalue weighted by molar-refractivity contribution is 0.0949. The molecule has 0 aliphatic heterocycles. The molecule has 0 unspecified atom stereocenters. The number of hydrogen-bond acceptors (Lipinski definition) is 3. The lowest BCUT2D eigenvalue weighted by Crippen LogP contribution is -2.35. The summed E-state index contributed by atoms with van der Waals surface area (Å²) in [4.78, 5) is 15.0. The van der Waals surface area contributed by atoms with Crippen molar-refractivity contribution in [2.45, 2.75) is 20.8 Å². The molecule has 1 aromatic heterocycles. The maximum absolute atomic E-state index is 12.7. The summed E-state index contributed by atoms with van der Waals surface area (Å²) in [6.45, 7) is 9.71. The first-order valence-corrected chi connectivity index (χ1v) is 9.06. The Bertz CT molecular complexity index is 736. The van der Waals surface area contributed by atoms with E-state index in [9.17, 15) is 4.79 Å². The number of carbonyl (C=O) groups excluding carboxylic acids is 1. The summed E-state index contributed by atoms with van der Waals surface area (Å²) >= 11 is 3.51. The van der Waals surface area contributed by atoms with Crippen molar-refractivity contribution >= 4 is 32.7 Å². The highest BCUT2D eigenvalue weighted by atomic mass is 79.9. The average molecular weight is 396 g/mol. The number of rotatable bonds is 7. The quantitative estimate of drug-likeness (QED) is 0.781. The van der Waals surface area contributed by atoms with Crippen molar-refractivity contribution in [3.63, 3.8) is 0 Å². The molecule has 24 heavy (non-hydrogen) atoms. The third-order valence-electron chi connectivity index (χ3n) is 4.60. The van der Waals surface area contributed by atoms with Gasteiger partial charge in [0, 0.05) is 31.2 Å². The Morgan fingerprint density at radius 1 is 1.33 bits per heavy atom. The van der Waals surface area contributed by atoms with Crippen LogP contribution in [0.4, 0.5) is 0 Å². The molecule has 6 heteroatoms. The van der Waals surface area contributed by atoms with Crippen LogP contribution in [0.25, 0.3) is 10.9 Å². The smallest absolute Gasteiger partial charge is 0.253 e. The molecule has 0 radical (unpaired) electrons. The first kappa shape index (κ1) is 18.8. The van der Waals surface area contributed by atoms with Crippen molar-refractivity contribution in [2.75, 3.05) is 33.3 Å². The molecule has 0 spiro atoms. The van der Waals surface area contributed by atoms with Crippen molar-refractivity contribution in [3.8, 4) is 5.75 Å². The molecule has 0 aliphatic rings. The van der Waals surface area contributed by atoms with Gasteiger partial charge in [-0.3, -0.25) is 4.79 Å². The first-order chi connectivity index (χ1) is 11.4. The van der Waals surface area contributed by atoms with Gasteiger partial charge in [-0.1, -0.05) is 13.8 Å². The van der Waals surface area contributed by atoms with Gasteiger partial charge in [-0.15, -0.1) is 0 Å². The van der Waals surface area contributed by atoms with Gasteiger partial charge in [0.25, 0.3) is 5.91 Å². The minimum absolute atomic E-state index is 0.0327. The Kier molecular flexibility index (Phi) is 6.29. The summed E-state index contributed by atoms with van der Waals surface area (Å²) in [5, 5.41) is 3.96. The van der Waals surface area contributed by atoms with E-state index in [1.54, 1.807) is 7.11 Å². The average Bonchev–Trinajstić information content (AvgIpc) is 2.81. The molecule has 0 saturated heterocycles. The van der Waals surface area contributed by atoms with Crippen molar-refractivity contribution in [3.05, 3.63) is 27.9 Å². The molecule has 0 bridgehead atoms. The lowest BCUT2D eigenvalue weighted by Gasteiger charge is -2.18. The van der Waals surface area contributed by atoms with Crippen LogP contribution in [0.2, 0.25) is 0 Å². The van der Waals surface area contributed by atoms with Gasteiger partial charge in [-0.2, -0.15) is 0 Å². The first-order valence-electron chi connectivity index (χ1n) is 8.27. The summed E-state index contributed by atoms with van der Waals surface area (Å²) in [7, 11) is 3.61. The number of likely N-dealkylation sites (N-methyl/N-ethyl adjacent to an activating group) is 1. The molecule has 1 heterocycles. The molecule has 132 valence electrons. The fourth-order valence-corrected chi connectivity index (χ4v) is 3.46. The molecule has 2 aromatic rings. The van der Waals surface area contributed by atoms with Crippen LogP contribution in [0.1, 0.15) is 29.9 Å². The zero-order chi connectivity index (χ0) is 17.9. The summed E-state index contributed by atoms with van der Waals surface area (Å²) < 4.78 is 8.31. The third kappa shape index (κ3) is 3.59. The van der Waals surface area contributed by atoms with Crippen LogP contribution in [0.15, 0.2) is 16.6 Å². The zero-order valence-electron chi connectivity index (χ0n) is 15.1. The SMILES string of the molecule is CCN(CC)CCNC(=O)c1c(C)n(C)c2cc(Br)c(OC)cc12. The number of ether oxygens (including phenoxy) is 1. The van der Waals surface area contributed by atoms with Gasteiger partial charge in [0.1, 0.15) is 5.75 Å². The van der Waals surface area contributed by atoms with E-state index < -0.39 is 0 Å². The topological polar surface area (TPSA) is 46.5 Å². The van der Waals surface area contributed by atoms with Gasteiger partial charge in [-0.25, -0.2) is 0 Å². The molecular weight excluding hydrogens is 370 g/mol. The number of methoxy groups -OCH3 is 1. The van der Waals surface area contributed by atoms with Crippen LogP contribution < -0.4 is 10.1 Å². The monoisotopic (exact) mass is 395 g/mol. The molecule has 5 nitrogen and oxygen atoms in total. The van der Waals surface area contributed by atoms with E-state index in [4.69, 9.17) is 4.74 Å². The van der Waals surface area contributed by atoms with Crippen molar-refractivity contribution < 1.29 is 9.53 Å². The Morgan fingerprint density at radius 2 is 2.00 bits per heavy atom. The number of benzene rings is 1. The van der Waals surface area contributed by atoms with Gasteiger partial charge in [-0.05, 0) is 48.1 Å². The number of aryl methyl sites for hydroxylation is 1. The number of halogens is 1. The van der Waals surface area contributed by atoms with Gasteiger partial charge in [0.2, 0.25) is 0 Å². The predicted molar refractivity (Wildman–Crippen MR) is 102 cm³/mol. The van der Waals surface area contributed by atoms with Crippen LogP contribution in [0.5, 0.6) is 5.75 Å². The summed E-state index contributed by atoms with van der Waals surface area (Å²) in [5.74, 6) is 0.694. The molecule has 0 atom stereocenters. The molecule has 1 amide bonds. The standard InChI is InChI=1S/C18H26BrN3O2/c1-6-22(7-2)9-8-20-18(23)17-12(3)21(4)15-11-14(19)16(24-5)10-13(15)17/h10-11H,6-9H2,1-5H3,(H,20,23). The second-order valence-corrected chi connectivity index (χ2v) is 6.66. The van der Waals surface area contributed by atoms with E-state index in [0.717, 1.165) is 52.0 Å². The number of aromatic nitrogens is 1. The summed E-state index contributed by atoms with van der Waals surface area (Å²) in [6, 6.07) is 3.92. The Labute approximate surface area is 152 Å². The highest BCUT2D eigenvalue weighted by molar-refractivity contribution is 9.10. The van der Waals surface area contributed by atoms with Crippen LogP contribution >= 0.6 is 15.9 Å². The molecule has 0 aliphatic carbocycles. The molecule has 0 saturated carbocycles. The maximum atomic E-state index is 12.7. The predicted octanol–water partition coefficient (Wildman–Crippen LogP) is 3.33. The summed E-state index contributed by atoms with van der Waals surface area (Å²) in [5.41, 5.74) is 2.68. The number of carbonyl (C=O) groups is 1. The van der Waals surface area contributed by atoms with Gasteiger partial charge in [0.15, 0.2) is 0 Å². The second kappa shape index (κ2) is 8.03. The number of hydrogen-bond donors (Lipinski definition) is 1. The van der Waals surface area contributed by atoms with E-state index in [1.165, 1.54) is 0 Å². The molecule has 1 aromatic carbocycles. The van der Waals surface area contributed by atoms with Gasteiger partial charge < -0.3 is 19.5 Å². The summed E-state index contributed by atoms with van der Waals surface area (Å²) in [6.07, 6.45) is 0. The largest absolute Gasteiger partial charge is 0.496 e. The molecular formula is C18H26BrN3O2. The third-order valence-corrected chi connectivity index (χ3v) is 5.22. The molecule has 2 rings (SSSR count). The van der Waals surface area contributed by atoms with E-state index in [1.807, 2.05) is 30.7 Å². The van der Waals surface area contributed by atoms with Crippen LogP contribution in [-0.2, 0) is 7.05 Å². The van der Waals surface area contributed by atoms with E-state index >= 15 is 0 Å². The van der Waals surface area contributed by atoms with Crippen molar-refractivity contribution in [2.24, 2.45) is 7.05 Å². The number of fused-ring (bicyclic) bond motifs is 1.